The van der Waals surface area contributed by atoms with Crippen molar-refractivity contribution < 1.29 is 9.53 Å². The molecule has 0 amide bonds. The van der Waals surface area contributed by atoms with Gasteiger partial charge in [0.05, 0.1) is 0 Å². The summed E-state index contributed by atoms with van der Waals surface area (Å²) in [5.41, 5.74) is 0.618. The standard InChI is InChI=1S/C16H26O2/c1-11(2)12(3)16(17)18-15-10-6-8-13-7-4-5-9-14(13)15/h11,13-15H,3-10H2,1-2H3. The zero-order valence-corrected chi connectivity index (χ0v) is 11.8. The summed E-state index contributed by atoms with van der Waals surface area (Å²) in [6.45, 7) is 7.84. The maximum atomic E-state index is 12.0. The maximum absolute atomic E-state index is 12.0. The highest BCUT2D eigenvalue weighted by molar-refractivity contribution is 5.88. The molecular formula is C16H26O2. The van der Waals surface area contributed by atoms with Crippen molar-refractivity contribution in [2.45, 2.75) is 64.9 Å². The minimum Gasteiger partial charge on any atom is -0.459 e. The van der Waals surface area contributed by atoms with Gasteiger partial charge in [0, 0.05) is 5.57 Å². The number of esters is 1. The van der Waals surface area contributed by atoms with Gasteiger partial charge in [-0.3, -0.25) is 0 Å². The molecule has 0 bridgehead atoms. The lowest BCUT2D eigenvalue weighted by Gasteiger charge is -2.40. The van der Waals surface area contributed by atoms with Gasteiger partial charge in [0.25, 0.3) is 0 Å². The van der Waals surface area contributed by atoms with Crippen LogP contribution in [0.1, 0.15) is 58.8 Å². The third-order valence-corrected chi connectivity index (χ3v) is 4.73. The zero-order chi connectivity index (χ0) is 13.1. The third-order valence-electron chi connectivity index (χ3n) is 4.73. The van der Waals surface area contributed by atoms with E-state index in [0.717, 1.165) is 12.3 Å². The van der Waals surface area contributed by atoms with Crippen LogP contribution in [0.25, 0.3) is 0 Å². The van der Waals surface area contributed by atoms with Crippen molar-refractivity contribution in [1.82, 2.24) is 0 Å². The normalized spacial score (nSPS) is 31.8. The smallest absolute Gasteiger partial charge is 0.333 e. The van der Waals surface area contributed by atoms with Crippen molar-refractivity contribution in [2.24, 2.45) is 17.8 Å². The lowest BCUT2D eigenvalue weighted by Crippen LogP contribution is -2.38. The Morgan fingerprint density at radius 2 is 1.78 bits per heavy atom. The molecule has 18 heavy (non-hydrogen) atoms. The van der Waals surface area contributed by atoms with Crippen LogP contribution >= 0.6 is 0 Å². The van der Waals surface area contributed by atoms with Gasteiger partial charge in [-0.05, 0) is 43.4 Å². The Bertz CT molecular complexity index is 317. The van der Waals surface area contributed by atoms with Crippen LogP contribution in [0, 0.1) is 17.8 Å². The molecule has 2 nitrogen and oxygen atoms in total. The number of fused-ring (bicyclic) bond motifs is 1. The average molecular weight is 250 g/mol. The summed E-state index contributed by atoms with van der Waals surface area (Å²) in [5, 5.41) is 0. The van der Waals surface area contributed by atoms with Gasteiger partial charge in [0.1, 0.15) is 6.10 Å². The topological polar surface area (TPSA) is 26.3 Å². The molecule has 0 aromatic heterocycles. The fourth-order valence-corrected chi connectivity index (χ4v) is 3.47. The number of carbonyl (C=O) groups is 1. The minimum atomic E-state index is -0.166. The first-order valence-corrected chi connectivity index (χ1v) is 7.49. The molecule has 0 aromatic rings. The Morgan fingerprint density at radius 3 is 2.50 bits per heavy atom. The molecule has 0 aromatic carbocycles. The van der Waals surface area contributed by atoms with Crippen molar-refractivity contribution >= 4 is 5.97 Å². The van der Waals surface area contributed by atoms with Crippen LogP contribution in [0.3, 0.4) is 0 Å². The molecule has 3 atom stereocenters. The van der Waals surface area contributed by atoms with Crippen LogP contribution in [0.5, 0.6) is 0 Å². The lowest BCUT2D eigenvalue weighted by molar-refractivity contribution is -0.152. The van der Waals surface area contributed by atoms with Crippen molar-refractivity contribution in [3.05, 3.63) is 12.2 Å². The van der Waals surface area contributed by atoms with Crippen LogP contribution in [0.2, 0.25) is 0 Å². The van der Waals surface area contributed by atoms with Crippen molar-refractivity contribution in [2.75, 3.05) is 0 Å². The quantitative estimate of drug-likeness (QED) is 0.557. The second-order valence-corrected chi connectivity index (χ2v) is 6.26. The van der Waals surface area contributed by atoms with E-state index in [2.05, 4.69) is 6.58 Å². The lowest BCUT2D eigenvalue weighted by atomic mass is 9.69. The highest BCUT2D eigenvalue weighted by Gasteiger charge is 2.37. The van der Waals surface area contributed by atoms with Crippen molar-refractivity contribution in [3.63, 3.8) is 0 Å². The number of carbonyl (C=O) groups excluding carboxylic acids is 1. The molecular weight excluding hydrogens is 224 g/mol. The predicted molar refractivity (Wildman–Crippen MR) is 73.2 cm³/mol. The van der Waals surface area contributed by atoms with E-state index < -0.39 is 0 Å². The van der Waals surface area contributed by atoms with Gasteiger partial charge < -0.3 is 4.74 Å². The van der Waals surface area contributed by atoms with Gasteiger partial charge in [-0.15, -0.1) is 0 Å². The Kier molecular flexibility index (Phi) is 4.47. The highest BCUT2D eigenvalue weighted by Crippen LogP contribution is 2.42. The van der Waals surface area contributed by atoms with E-state index in [4.69, 9.17) is 4.74 Å². The van der Waals surface area contributed by atoms with Gasteiger partial charge in [0.2, 0.25) is 0 Å². The number of hydrogen-bond donors (Lipinski definition) is 0. The fraction of sp³-hybridized carbons (Fsp3) is 0.812. The largest absolute Gasteiger partial charge is 0.459 e. The summed E-state index contributed by atoms with van der Waals surface area (Å²) >= 11 is 0. The van der Waals surface area contributed by atoms with Gasteiger partial charge in [-0.1, -0.05) is 39.7 Å². The van der Waals surface area contributed by atoms with E-state index in [1.54, 1.807) is 0 Å². The van der Waals surface area contributed by atoms with Crippen LogP contribution in [0.15, 0.2) is 12.2 Å². The van der Waals surface area contributed by atoms with Crippen LogP contribution in [-0.2, 0) is 9.53 Å². The molecule has 0 radical (unpaired) electrons. The average Bonchev–Trinajstić information content (AvgIpc) is 2.38. The molecule has 2 fully saturated rings. The summed E-state index contributed by atoms with van der Waals surface area (Å²) in [6, 6.07) is 0. The zero-order valence-electron chi connectivity index (χ0n) is 11.8. The van der Waals surface area contributed by atoms with Crippen LogP contribution in [0.4, 0.5) is 0 Å². The monoisotopic (exact) mass is 250 g/mol. The van der Waals surface area contributed by atoms with E-state index in [-0.39, 0.29) is 18.0 Å². The van der Waals surface area contributed by atoms with E-state index in [1.807, 2.05) is 13.8 Å². The Hall–Kier alpha value is -0.790. The molecule has 0 heterocycles. The van der Waals surface area contributed by atoms with Gasteiger partial charge in [-0.25, -0.2) is 4.79 Å². The SMILES string of the molecule is C=C(C(=O)OC1CCCC2CCCCC21)C(C)C. The summed E-state index contributed by atoms with van der Waals surface area (Å²) < 4.78 is 5.75. The predicted octanol–water partition coefficient (Wildman–Crippen LogP) is 4.10. The highest BCUT2D eigenvalue weighted by atomic mass is 16.5. The molecule has 0 aliphatic heterocycles. The Morgan fingerprint density at radius 1 is 1.11 bits per heavy atom. The second-order valence-electron chi connectivity index (χ2n) is 6.26. The van der Waals surface area contributed by atoms with Gasteiger partial charge in [-0.2, -0.15) is 0 Å². The number of rotatable bonds is 3. The molecule has 0 N–H and O–H groups in total. The Balaban J connectivity index is 1.95. The molecule has 2 rings (SSSR count). The molecule has 2 aliphatic rings. The summed E-state index contributed by atoms with van der Waals surface area (Å²) in [7, 11) is 0. The first kappa shape index (κ1) is 13.6. The first-order valence-electron chi connectivity index (χ1n) is 7.49. The van der Waals surface area contributed by atoms with E-state index >= 15 is 0 Å². The van der Waals surface area contributed by atoms with Crippen molar-refractivity contribution in [3.8, 4) is 0 Å². The minimum absolute atomic E-state index is 0.159. The molecule has 2 aliphatic carbocycles. The van der Waals surface area contributed by atoms with E-state index in [9.17, 15) is 4.79 Å². The molecule has 102 valence electrons. The Labute approximate surface area is 111 Å². The second kappa shape index (κ2) is 5.90. The first-order chi connectivity index (χ1) is 8.59. The maximum Gasteiger partial charge on any atom is 0.333 e. The number of ether oxygens (including phenoxy) is 1. The fourth-order valence-electron chi connectivity index (χ4n) is 3.47. The van der Waals surface area contributed by atoms with Gasteiger partial charge in [0.15, 0.2) is 0 Å². The summed E-state index contributed by atoms with van der Waals surface area (Å²) in [5.74, 6) is 1.44. The van der Waals surface area contributed by atoms with E-state index in [1.165, 1.54) is 38.5 Å². The summed E-state index contributed by atoms with van der Waals surface area (Å²) in [4.78, 5) is 12.0. The molecule has 3 unspecified atom stereocenters. The van der Waals surface area contributed by atoms with E-state index in [0.29, 0.717) is 11.5 Å². The molecule has 0 saturated heterocycles. The number of hydrogen-bond acceptors (Lipinski definition) is 2. The van der Waals surface area contributed by atoms with Crippen LogP contribution in [-0.4, -0.2) is 12.1 Å². The molecule has 0 spiro atoms. The third kappa shape index (κ3) is 2.96. The van der Waals surface area contributed by atoms with Gasteiger partial charge >= 0.3 is 5.97 Å². The molecule has 2 saturated carbocycles. The summed E-state index contributed by atoms with van der Waals surface area (Å²) in [6.07, 6.45) is 9.02. The van der Waals surface area contributed by atoms with Crippen LogP contribution < -0.4 is 0 Å². The molecule has 2 heteroatoms. The van der Waals surface area contributed by atoms with Crippen molar-refractivity contribution in [1.29, 1.82) is 0 Å².